The molecule has 2 atom stereocenters. The fourth-order valence-electron chi connectivity index (χ4n) is 1.85. The largest absolute Gasteiger partial charge is 0.341 e. The maximum absolute atomic E-state index is 12.1. The molecule has 0 aliphatic carbocycles. The molecule has 118 valence electrons. The van der Waals surface area contributed by atoms with Gasteiger partial charge in [-0.05, 0) is 45.2 Å². The quantitative estimate of drug-likeness (QED) is 0.853. The van der Waals surface area contributed by atoms with Crippen LogP contribution in [-0.2, 0) is 6.42 Å². The molecular weight excluding hydrogens is 304 g/mol. The van der Waals surface area contributed by atoms with Crippen LogP contribution in [0.3, 0.4) is 0 Å². The van der Waals surface area contributed by atoms with Crippen LogP contribution in [0.5, 0.6) is 0 Å². The fourth-order valence-corrected chi connectivity index (χ4v) is 1.97. The predicted octanol–water partition coefficient (Wildman–Crippen LogP) is 2.36. The highest BCUT2D eigenvalue weighted by Crippen LogP contribution is 2.13. The minimum absolute atomic E-state index is 0.215. The molecule has 0 radical (unpaired) electrons. The lowest BCUT2D eigenvalue weighted by Crippen LogP contribution is -2.27. The van der Waals surface area contributed by atoms with Crippen molar-refractivity contribution in [1.29, 1.82) is 0 Å². The van der Waals surface area contributed by atoms with E-state index in [1.54, 1.807) is 31.2 Å². The number of nitrogens with one attached hydrogen (secondary N) is 2. The molecule has 22 heavy (non-hydrogen) atoms. The topological polar surface area (TPSA) is 80.0 Å². The van der Waals surface area contributed by atoms with E-state index in [1.165, 1.54) is 0 Å². The molecule has 0 aliphatic rings. The van der Waals surface area contributed by atoms with Crippen LogP contribution in [0.4, 0.5) is 0 Å². The number of carbonyl (C=O) groups excluding carboxylic acids is 1. The molecule has 1 amide bonds. The number of halogens is 1. The molecule has 0 saturated heterocycles. The van der Waals surface area contributed by atoms with Gasteiger partial charge in [0.1, 0.15) is 6.04 Å². The summed E-state index contributed by atoms with van der Waals surface area (Å²) in [4.78, 5) is 16.4. The summed E-state index contributed by atoms with van der Waals surface area (Å²) in [6.45, 7) is 3.83. The first-order valence-electron chi connectivity index (χ1n) is 7.05. The van der Waals surface area contributed by atoms with Gasteiger partial charge in [0.05, 0.1) is 0 Å². The highest BCUT2D eigenvalue weighted by molar-refractivity contribution is 6.30. The molecule has 0 bridgehead atoms. The molecule has 0 fully saturated rings. The maximum atomic E-state index is 12.1. The summed E-state index contributed by atoms with van der Waals surface area (Å²) in [6, 6.07) is 6.56. The van der Waals surface area contributed by atoms with Gasteiger partial charge in [0.15, 0.2) is 5.82 Å². The minimum Gasteiger partial charge on any atom is -0.341 e. The van der Waals surface area contributed by atoms with E-state index in [1.807, 2.05) is 14.0 Å². The van der Waals surface area contributed by atoms with Gasteiger partial charge < -0.3 is 15.2 Å². The van der Waals surface area contributed by atoms with Crippen LogP contribution < -0.4 is 10.6 Å². The van der Waals surface area contributed by atoms with Crippen LogP contribution in [0, 0.1) is 0 Å². The van der Waals surface area contributed by atoms with E-state index in [0.29, 0.717) is 28.7 Å². The molecule has 1 heterocycles. The van der Waals surface area contributed by atoms with Crippen LogP contribution in [-0.4, -0.2) is 29.1 Å². The van der Waals surface area contributed by atoms with Gasteiger partial charge in [-0.25, -0.2) is 0 Å². The van der Waals surface area contributed by atoms with Crippen molar-refractivity contribution in [2.45, 2.75) is 32.4 Å². The highest BCUT2D eigenvalue weighted by atomic mass is 35.5. The number of rotatable bonds is 6. The summed E-state index contributed by atoms with van der Waals surface area (Å²) in [5, 5.41) is 10.4. The standard InChI is InChI=1S/C15H19ClN4O2/c1-9(17-3)8-13-19-15(22-20-13)10(2)18-14(21)11-4-6-12(16)7-5-11/h4-7,9-10,17H,8H2,1-3H3,(H,18,21). The first-order chi connectivity index (χ1) is 10.5. The van der Waals surface area contributed by atoms with Gasteiger partial charge >= 0.3 is 0 Å². The Morgan fingerprint density at radius 3 is 2.64 bits per heavy atom. The Morgan fingerprint density at radius 2 is 2.00 bits per heavy atom. The normalized spacial score (nSPS) is 13.6. The number of amides is 1. The van der Waals surface area contributed by atoms with Crippen LogP contribution in [0.25, 0.3) is 0 Å². The molecule has 0 saturated carbocycles. The van der Waals surface area contributed by atoms with Gasteiger partial charge in [-0.15, -0.1) is 0 Å². The van der Waals surface area contributed by atoms with Gasteiger partial charge in [-0.2, -0.15) is 4.98 Å². The zero-order chi connectivity index (χ0) is 16.1. The van der Waals surface area contributed by atoms with Gasteiger partial charge in [0.25, 0.3) is 5.91 Å². The van der Waals surface area contributed by atoms with Crippen molar-refractivity contribution in [1.82, 2.24) is 20.8 Å². The smallest absolute Gasteiger partial charge is 0.251 e. The SMILES string of the molecule is CNC(C)Cc1noc(C(C)NC(=O)c2ccc(Cl)cc2)n1. The number of carbonyl (C=O) groups is 1. The van der Waals surface area contributed by atoms with E-state index in [9.17, 15) is 4.79 Å². The number of aromatic nitrogens is 2. The number of nitrogens with zero attached hydrogens (tertiary/aromatic N) is 2. The third-order valence-electron chi connectivity index (χ3n) is 3.29. The second-order valence-corrected chi connectivity index (χ2v) is 5.58. The van der Waals surface area contributed by atoms with E-state index in [0.717, 1.165) is 0 Å². The second kappa shape index (κ2) is 7.38. The number of hydrogen-bond acceptors (Lipinski definition) is 5. The average molecular weight is 323 g/mol. The zero-order valence-electron chi connectivity index (χ0n) is 12.8. The lowest BCUT2D eigenvalue weighted by molar-refractivity contribution is 0.0932. The summed E-state index contributed by atoms with van der Waals surface area (Å²) in [5.74, 6) is 0.789. The van der Waals surface area contributed by atoms with Gasteiger partial charge in [0.2, 0.25) is 5.89 Å². The molecule has 0 spiro atoms. The number of benzene rings is 1. The average Bonchev–Trinajstić information content (AvgIpc) is 2.96. The van der Waals surface area contributed by atoms with Crippen LogP contribution in [0.2, 0.25) is 5.02 Å². The van der Waals surface area contributed by atoms with Crippen LogP contribution >= 0.6 is 11.6 Å². The first-order valence-corrected chi connectivity index (χ1v) is 7.43. The molecule has 0 aliphatic heterocycles. The van der Waals surface area contributed by atoms with Crippen molar-refractivity contribution in [3.05, 3.63) is 46.6 Å². The van der Waals surface area contributed by atoms with E-state index in [2.05, 4.69) is 20.8 Å². The van der Waals surface area contributed by atoms with E-state index in [4.69, 9.17) is 16.1 Å². The summed E-state index contributed by atoms with van der Waals surface area (Å²) in [6.07, 6.45) is 0.665. The molecule has 2 aromatic rings. The highest BCUT2D eigenvalue weighted by Gasteiger charge is 2.18. The van der Waals surface area contributed by atoms with Gasteiger partial charge in [-0.1, -0.05) is 16.8 Å². The fraction of sp³-hybridized carbons (Fsp3) is 0.400. The zero-order valence-corrected chi connectivity index (χ0v) is 13.5. The predicted molar refractivity (Wildman–Crippen MR) is 83.9 cm³/mol. The van der Waals surface area contributed by atoms with Crippen molar-refractivity contribution in [3.8, 4) is 0 Å². The lowest BCUT2D eigenvalue weighted by atomic mass is 10.2. The third kappa shape index (κ3) is 4.29. The van der Waals surface area contributed by atoms with E-state index >= 15 is 0 Å². The molecular formula is C15H19ClN4O2. The molecule has 1 aromatic heterocycles. The molecule has 1 aromatic carbocycles. The molecule has 6 nitrogen and oxygen atoms in total. The summed E-state index contributed by atoms with van der Waals surface area (Å²) < 4.78 is 5.20. The van der Waals surface area contributed by atoms with Gasteiger partial charge in [-0.3, -0.25) is 4.79 Å². The van der Waals surface area contributed by atoms with E-state index in [-0.39, 0.29) is 18.0 Å². The summed E-state index contributed by atoms with van der Waals surface area (Å²) >= 11 is 5.80. The van der Waals surface area contributed by atoms with Crippen molar-refractivity contribution < 1.29 is 9.32 Å². The van der Waals surface area contributed by atoms with Gasteiger partial charge in [0, 0.05) is 23.0 Å². The number of likely N-dealkylation sites (N-methyl/N-ethyl adjacent to an activating group) is 1. The van der Waals surface area contributed by atoms with Crippen LogP contribution in [0.15, 0.2) is 28.8 Å². The molecule has 2 rings (SSSR count). The monoisotopic (exact) mass is 322 g/mol. The summed E-state index contributed by atoms with van der Waals surface area (Å²) in [7, 11) is 1.88. The second-order valence-electron chi connectivity index (χ2n) is 5.14. The van der Waals surface area contributed by atoms with Crippen molar-refractivity contribution in [2.75, 3.05) is 7.05 Å². The Balaban J connectivity index is 1.98. The Kier molecular flexibility index (Phi) is 5.51. The molecule has 2 unspecified atom stereocenters. The number of hydrogen-bond donors (Lipinski definition) is 2. The molecule has 7 heteroatoms. The van der Waals surface area contributed by atoms with E-state index < -0.39 is 0 Å². The van der Waals surface area contributed by atoms with Crippen LogP contribution in [0.1, 0.15) is 42.0 Å². The lowest BCUT2D eigenvalue weighted by Gasteiger charge is -2.09. The Bertz CT molecular complexity index is 627. The Morgan fingerprint density at radius 1 is 1.32 bits per heavy atom. The first kappa shape index (κ1) is 16.5. The minimum atomic E-state index is -0.366. The Labute approximate surface area is 134 Å². The van der Waals surface area contributed by atoms with Crippen molar-refractivity contribution >= 4 is 17.5 Å². The third-order valence-corrected chi connectivity index (χ3v) is 3.54. The molecule has 2 N–H and O–H groups in total. The van der Waals surface area contributed by atoms with Crippen molar-refractivity contribution in [3.63, 3.8) is 0 Å². The van der Waals surface area contributed by atoms with Crippen molar-refractivity contribution in [2.24, 2.45) is 0 Å². The summed E-state index contributed by atoms with van der Waals surface area (Å²) in [5.41, 5.74) is 0.528. The maximum Gasteiger partial charge on any atom is 0.251 e. The Hall–Kier alpha value is -1.92.